The standard InChI is InChI=1S/C26H28N2O/c1-19-17-26(2,3)28(4)25-15-10-20(16-24(19)25)18-27-21-11-13-23(14-12-21)29-22-8-6-5-7-9-22/h5-16,18-19H,17H2,1-4H3/t19-/m1/s1. The van der Waals surface area contributed by atoms with Gasteiger partial charge in [-0.15, -0.1) is 0 Å². The van der Waals surface area contributed by atoms with Crippen molar-refractivity contribution in [3.8, 4) is 11.5 Å². The molecule has 0 saturated heterocycles. The molecule has 0 aromatic heterocycles. The lowest BCUT2D eigenvalue weighted by Crippen LogP contribution is -2.45. The molecule has 1 aliphatic rings. The van der Waals surface area contributed by atoms with E-state index >= 15 is 0 Å². The van der Waals surface area contributed by atoms with E-state index in [0.29, 0.717) is 5.92 Å². The third-order valence-corrected chi connectivity index (χ3v) is 5.84. The maximum absolute atomic E-state index is 5.84. The summed E-state index contributed by atoms with van der Waals surface area (Å²) in [5.74, 6) is 2.18. The van der Waals surface area contributed by atoms with Crippen LogP contribution in [0.25, 0.3) is 0 Å². The summed E-state index contributed by atoms with van der Waals surface area (Å²) in [6, 6.07) is 24.3. The predicted octanol–water partition coefficient (Wildman–Crippen LogP) is 6.95. The lowest BCUT2D eigenvalue weighted by atomic mass is 9.80. The molecule has 0 fully saturated rings. The molecule has 0 spiro atoms. The van der Waals surface area contributed by atoms with E-state index in [2.05, 4.69) is 55.9 Å². The highest BCUT2D eigenvalue weighted by molar-refractivity contribution is 5.83. The van der Waals surface area contributed by atoms with E-state index in [9.17, 15) is 0 Å². The Labute approximate surface area is 173 Å². The molecular weight excluding hydrogens is 356 g/mol. The second-order valence-corrected chi connectivity index (χ2v) is 8.46. The van der Waals surface area contributed by atoms with Crippen molar-refractivity contribution in [1.29, 1.82) is 0 Å². The van der Waals surface area contributed by atoms with Gasteiger partial charge in [-0.05, 0) is 85.8 Å². The number of fused-ring (bicyclic) bond motifs is 1. The molecule has 0 amide bonds. The normalized spacial score (nSPS) is 17.9. The van der Waals surface area contributed by atoms with Gasteiger partial charge in [-0.1, -0.05) is 31.2 Å². The van der Waals surface area contributed by atoms with Gasteiger partial charge in [0.05, 0.1) is 5.69 Å². The van der Waals surface area contributed by atoms with Gasteiger partial charge >= 0.3 is 0 Å². The molecule has 1 atom stereocenters. The Hall–Kier alpha value is -3.07. The van der Waals surface area contributed by atoms with E-state index in [-0.39, 0.29) is 5.54 Å². The highest BCUT2D eigenvalue weighted by Gasteiger charge is 2.33. The molecule has 4 rings (SSSR count). The van der Waals surface area contributed by atoms with Crippen LogP contribution in [0.4, 0.5) is 11.4 Å². The first-order valence-electron chi connectivity index (χ1n) is 10.2. The van der Waals surface area contributed by atoms with E-state index in [1.165, 1.54) is 11.3 Å². The van der Waals surface area contributed by atoms with Crippen LogP contribution in [0.15, 0.2) is 77.8 Å². The Kier molecular flexibility index (Phi) is 5.14. The van der Waals surface area contributed by atoms with Crippen LogP contribution in [-0.2, 0) is 0 Å². The van der Waals surface area contributed by atoms with Crippen molar-refractivity contribution in [3.63, 3.8) is 0 Å². The smallest absolute Gasteiger partial charge is 0.127 e. The fourth-order valence-electron chi connectivity index (χ4n) is 4.05. The van der Waals surface area contributed by atoms with Crippen LogP contribution >= 0.6 is 0 Å². The first-order valence-corrected chi connectivity index (χ1v) is 10.2. The summed E-state index contributed by atoms with van der Waals surface area (Å²) in [6.45, 7) is 6.94. The molecule has 3 aromatic carbocycles. The zero-order valence-electron chi connectivity index (χ0n) is 17.6. The fourth-order valence-corrected chi connectivity index (χ4v) is 4.05. The maximum atomic E-state index is 5.84. The molecule has 0 aliphatic carbocycles. The summed E-state index contributed by atoms with van der Waals surface area (Å²) in [5, 5.41) is 0. The molecule has 3 nitrogen and oxygen atoms in total. The number of aliphatic imine (C=N–C) groups is 1. The van der Waals surface area contributed by atoms with Gasteiger partial charge in [0.15, 0.2) is 0 Å². The molecule has 1 heterocycles. The molecule has 29 heavy (non-hydrogen) atoms. The van der Waals surface area contributed by atoms with Gasteiger partial charge in [0.2, 0.25) is 0 Å². The van der Waals surface area contributed by atoms with Gasteiger partial charge in [-0.3, -0.25) is 4.99 Å². The van der Waals surface area contributed by atoms with Crippen molar-refractivity contribution in [3.05, 3.63) is 83.9 Å². The average molecular weight is 385 g/mol. The van der Waals surface area contributed by atoms with Crippen molar-refractivity contribution in [2.24, 2.45) is 4.99 Å². The van der Waals surface area contributed by atoms with E-state index in [0.717, 1.165) is 29.2 Å². The SMILES string of the molecule is C[C@@H]1CC(C)(C)N(C)c2ccc(C=Nc3ccc(Oc4ccccc4)cc3)cc21. The minimum atomic E-state index is 0.186. The monoisotopic (exact) mass is 384 g/mol. The van der Waals surface area contributed by atoms with E-state index < -0.39 is 0 Å². The van der Waals surface area contributed by atoms with Gasteiger partial charge in [0, 0.05) is 24.5 Å². The second kappa shape index (κ2) is 7.75. The summed E-state index contributed by atoms with van der Waals surface area (Å²) >= 11 is 0. The van der Waals surface area contributed by atoms with Crippen LogP contribution < -0.4 is 9.64 Å². The van der Waals surface area contributed by atoms with Crippen molar-refractivity contribution in [2.75, 3.05) is 11.9 Å². The van der Waals surface area contributed by atoms with Crippen LogP contribution in [0.1, 0.15) is 44.2 Å². The first-order chi connectivity index (χ1) is 13.9. The number of hydrogen-bond donors (Lipinski definition) is 0. The lowest BCUT2D eigenvalue weighted by molar-refractivity contribution is 0.395. The molecule has 0 saturated carbocycles. The van der Waals surface area contributed by atoms with Gasteiger partial charge in [0.1, 0.15) is 11.5 Å². The summed E-state index contributed by atoms with van der Waals surface area (Å²) in [7, 11) is 2.19. The quantitative estimate of drug-likeness (QED) is 0.455. The highest BCUT2D eigenvalue weighted by Crippen LogP contribution is 2.42. The molecule has 0 unspecified atom stereocenters. The summed E-state index contributed by atoms with van der Waals surface area (Å²) < 4.78 is 5.84. The zero-order valence-corrected chi connectivity index (χ0v) is 17.6. The predicted molar refractivity (Wildman–Crippen MR) is 122 cm³/mol. The van der Waals surface area contributed by atoms with E-state index in [4.69, 9.17) is 4.74 Å². The molecule has 0 radical (unpaired) electrons. The summed E-state index contributed by atoms with van der Waals surface area (Å²) in [5.41, 5.74) is 4.96. The van der Waals surface area contributed by atoms with Crippen molar-refractivity contribution in [2.45, 2.75) is 38.6 Å². The van der Waals surface area contributed by atoms with Crippen LogP contribution in [0, 0.1) is 0 Å². The summed E-state index contributed by atoms with van der Waals surface area (Å²) in [6.07, 6.45) is 3.10. The number of ether oxygens (including phenoxy) is 1. The van der Waals surface area contributed by atoms with Gasteiger partial charge in [-0.25, -0.2) is 0 Å². The average Bonchev–Trinajstić information content (AvgIpc) is 2.72. The Morgan fingerprint density at radius 3 is 2.38 bits per heavy atom. The molecule has 3 heteroatoms. The number of anilines is 1. The Morgan fingerprint density at radius 2 is 1.66 bits per heavy atom. The van der Waals surface area contributed by atoms with Gasteiger partial charge in [0.25, 0.3) is 0 Å². The first kappa shape index (κ1) is 19.3. The molecule has 3 aromatic rings. The van der Waals surface area contributed by atoms with Crippen molar-refractivity contribution < 1.29 is 4.74 Å². The van der Waals surface area contributed by atoms with Crippen LogP contribution in [0.5, 0.6) is 11.5 Å². The zero-order chi connectivity index (χ0) is 20.4. The largest absolute Gasteiger partial charge is 0.457 e. The fraction of sp³-hybridized carbons (Fsp3) is 0.269. The number of para-hydroxylation sites is 1. The number of rotatable bonds is 4. The number of nitrogens with zero attached hydrogens (tertiary/aromatic N) is 2. The molecule has 1 aliphatic heterocycles. The van der Waals surface area contributed by atoms with Crippen LogP contribution in [-0.4, -0.2) is 18.8 Å². The third kappa shape index (κ3) is 4.19. The van der Waals surface area contributed by atoms with Crippen LogP contribution in [0.3, 0.4) is 0 Å². The Bertz CT molecular complexity index is 1010. The molecule has 0 bridgehead atoms. The second-order valence-electron chi connectivity index (χ2n) is 8.46. The number of hydrogen-bond acceptors (Lipinski definition) is 3. The molecular formula is C26H28N2O. The maximum Gasteiger partial charge on any atom is 0.127 e. The molecule has 0 N–H and O–H groups in total. The van der Waals surface area contributed by atoms with Crippen molar-refractivity contribution >= 4 is 17.6 Å². The minimum Gasteiger partial charge on any atom is -0.457 e. The summed E-state index contributed by atoms with van der Waals surface area (Å²) in [4.78, 5) is 7.05. The topological polar surface area (TPSA) is 24.8 Å². The minimum absolute atomic E-state index is 0.186. The van der Waals surface area contributed by atoms with E-state index in [1.54, 1.807) is 0 Å². The van der Waals surface area contributed by atoms with E-state index in [1.807, 2.05) is 60.8 Å². The lowest BCUT2D eigenvalue weighted by Gasteiger charge is -2.45. The Balaban J connectivity index is 1.49. The van der Waals surface area contributed by atoms with Gasteiger partial charge in [-0.2, -0.15) is 0 Å². The highest BCUT2D eigenvalue weighted by atomic mass is 16.5. The van der Waals surface area contributed by atoms with Gasteiger partial charge < -0.3 is 9.64 Å². The Morgan fingerprint density at radius 1 is 0.966 bits per heavy atom. The van der Waals surface area contributed by atoms with Crippen molar-refractivity contribution in [1.82, 2.24) is 0 Å². The number of benzene rings is 3. The van der Waals surface area contributed by atoms with Crippen LogP contribution in [0.2, 0.25) is 0 Å². The molecule has 148 valence electrons. The third-order valence-electron chi connectivity index (χ3n) is 5.84.